The second-order valence-electron chi connectivity index (χ2n) is 4.73. The van der Waals surface area contributed by atoms with Crippen LogP contribution in [-0.4, -0.2) is 30.1 Å². The molecule has 2 atom stereocenters. The van der Waals surface area contributed by atoms with Gasteiger partial charge in [-0.2, -0.15) is 0 Å². The van der Waals surface area contributed by atoms with Crippen LogP contribution in [0, 0.1) is 17.7 Å². The van der Waals surface area contributed by atoms with Gasteiger partial charge in [0.05, 0.1) is 18.4 Å². The normalized spacial score (nSPS) is 20.2. The molecule has 0 aliphatic heterocycles. The summed E-state index contributed by atoms with van der Waals surface area (Å²) < 4.78 is 18.0. The summed E-state index contributed by atoms with van der Waals surface area (Å²) in [5.74, 6) is -1.77. The first-order valence-corrected chi connectivity index (χ1v) is 6.47. The summed E-state index contributed by atoms with van der Waals surface area (Å²) in [7, 11) is 0. The number of aliphatic carboxylic acids is 1. The van der Waals surface area contributed by atoms with E-state index in [0.29, 0.717) is 31.7 Å². The molecule has 5 nitrogen and oxygen atoms in total. The Kier molecular flexibility index (Phi) is 4.55. The second kappa shape index (κ2) is 6.36. The molecule has 0 saturated heterocycles. The van der Waals surface area contributed by atoms with Crippen LogP contribution in [0.3, 0.4) is 0 Å². The van der Waals surface area contributed by atoms with E-state index in [-0.39, 0.29) is 17.6 Å². The zero-order valence-electron chi connectivity index (χ0n) is 10.8. The first-order chi connectivity index (χ1) is 9.58. The average Bonchev–Trinajstić information content (AvgIpc) is 3.21. The van der Waals surface area contributed by atoms with Crippen LogP contribution in [0.2, 0.25) is 0 Å². The molecule has 2 N–H and O–H groups in total. The predicted molar refractivity (Wildman–Crippen MR) is 68.8 cm³/mol. The van der Waals surface area contributed by atoms with Crippen molar-refractivity contribution >= 4 is 11.9 Å². The lowest BCUT2D eigenvalue weighted by molar-refractivity contribution is -0.140. The maximum atomic E-state index is 12.6. The molecule has 108 valence electrons. The molecule has 1 saturated carbocycles. The van der Waals surface area contributed by atoms with Crippen molar-refractivity contribution in [1.29, 1.82) is 0 Å². The van der Waals surface area contributed by atoms with Crippen LogP contribution in [0.25, 0.3) is 0 Å². The third-order valence-corrected chi connectivity index (χ3v) is 3.15. The molecule has 0 radical (unpaired) electrons. The van der Waals surface area contributed by atoms with Crippen molar-refractivity contribution in [1.82, 2.24) is 5.32 Å². The standard InChI is InChI=1S/C14H16FNO4/c15-9-2-4-10(5-3-9)20-7-1-6-16-13(17)11-8-12(11)14(18)19/h2-5,11-12H,1,6-8H2,(H,16,17)(H,18,19)/t11-,12+/m0/s1. The molecule has 1 aliphatic rings. The van der Waals surface area contributed by atoms with Crippen molar-refractivity contribution in [3.63, 3.8) is 0 Å². The number of amides is 1. The molecule has 0 bridgehead atoms. The first kappa shape index (κ1) is 14.3. The van der Waals surface area contributed by atoms with Crippen LogP contribution >= 0.6 is 0 Å². The number of carboxylic acid groups (broad SMARTS) is 1. The Morgan fingerprint density at radius 1 is 1.30 bits per heavy atom. The zero-order valence-corrected chi connectivity index (χ0v) is 10.8. The summed E-state index contributed by atoms with van der Waals surface area (Å²) in [5.41, 5.74) is 0. The van der Waals surface area contributed by atoms with E-state index >= 15 is 0 Å². The van der Waals surface area contributed by atoms with Crippen molar-refractivity contribution in [3.8, 4) is 5.75 Å². The van der Waals surface area contributed by atoms with Crippen molar-refractivity contribution in [3.05, 3.63) is 30.1 Å². The Balaban J connectivity index is 1.57. The smallest absolute Gasteiger partial charge is 0.307 e. The highest BCUT2D eigenvalue weighted by molar-refractivity contribution is 5.89. The van der Waals surface area contributed by atoms with Crippen LogP contribution < -0.4 is 10.1 Å². The first-order valence-electron chi connectivity index (χ1n) is 6.47. The van der Waals surface area contributed by atoms with Crippen LogP contribution in [0.5, 0.6) is 5.75 Å². The van der Waals surface area contributed by atoms with Gasteiger partial charge in [0.2, 0.25) is 5.91 Å². The van der Waals surface area contributed by atoms with Gasteiger partial charge < -0.3 is 15.2 Å². The number of carbonyl (C=O) groups excluding carboxylic acids is 1. The Labute approximate surface area is 115 Å². The van der Waals surface area contributed by atoms with E-state index in [1.807, 2.05) is 0 Å². The molecule has 0 aromatic heterocycles. The number of carbonyl (C=O) groups is 2. The van der Waals surface area contributed by atoms with E-state index < -0.39 is 11.9 Å². The number of benzene rings is 1. The Hall–Kier alpha value is -2.11. The van der Waals surface area contributed by atoms with Crippen LogP contribution in [0.15, 0.2) is 24.3 Å². The van der Waals surface area contributed by atoms with Crippen LogP contribution in [-0.2, 0) is 9.59 Å². The number of hydrogen-bond donors (Lipinski definition) is 2. The van der Waals surface area contributed by atoms with Crippen LogP contribution in [0.4, 0.5) is 4.39 Å². The summed E-state index contributed by atoms with van der Waals surface area (Å²) in [5, 5.41) is 11.4. The van der Waals surface area contributed by atoms with Gasteiger partial charge in [0.15, 0.2) is 0 Å². The van der Waals surface area contributed by atoms with Gasteiger partial charge in [-0.1, -0.05) is 0 Å². The second-order valence-corrected chi connectivity index (χ2v) is 4.73. The lowest BCUT2D eigenvalue weighted by atomic mass is 10.3. The fourth-order valence-corrected chi connectivity index (χ4v) is 1.89. The Bertz CT molecular complexity index is 488. The van der Waals surface area contributed by atoms with Crippen LogP contribution in [0.1, 0.15) is 12.8 Å². The minimum atomic E-state index is -0.912. The summed E-state index contributed by atoms with van der Waals surface area (Å²) in [6, 6.07) is 5.71. The van der Waals surface area contributed by atoms with Crippen molar-refractivity contribution in [2.45, 2.75) is 12.8 Å². The zero-order chi connectivity index (χ0) is 14.5. The Morgan fingerprint density at radius 2 is 2.00 bits per heavy atom. The monoisotopic (exact) mass is 281 g/mol. The van der Waals surface area contributed by atoms with Gasteiger partial charge in [-0.3, -0.25) is 9.59 Å². The average molecular weight is 281 g/mol. The molecule has 0 heterocycles. The van der Waals surface area contributed by atoms with E-state index in [4.69, 9.17) is 9.84 Å². The highest BCUT2D eigenvalue weighted by Crippen LogP contribution is 2.38. The molecular weight excluding hydrogens is 265 g/mol. The van der Waals surface area contributed by atoms with E-state index in [2.05, 4.69) is 5.32 Å². The van der Waals surface area contributed by atoms with Gasteiger partial charge >= 0.3 is 5.97 Å². The molecule has 1 amide bonds. The molecule has 20 heavy (non-hydrogen) atoms. The molecule has 1 aromatic rings. The Morgan fingerprint density at radius 3 is 2.60 bits per heavy atom. The third kappa shape index (κ3) is 3.94. The SMILES string of the molecule is O=C(NCCCOc1ccc(F)cc1)[C@H]1C[C@H]1C(=O)O. The molecule has 1 aromatic carbocycles. The van der Waals surface area contributed by atoms with Gasteiger partial charge in [0.1, 0.15) is 11.6 Å². The van der Waals surface area contributed by atoms with Gasteiger partial charge in [0, 0.05) is 6.54 Å². The lowest BCUT2D eigenvalue weighted by Gasteiger charge is -2.07. The topological polar surface area (TPSA) is 75.6 Å². The van der Waals surface area contributed by atoms with Gasteiger partial charge in [0.25, 0.3) is 0 Å². The maximum absolute atomic E-state index is 12.6. The largest absolute Gasteiger partial charge is 0.494 e. The van der Waals surface area contributed by atoms with Crippen molar-refractivity contribution < 1.29 is 23.8 Å². The predicted octanol–water partition coefficient (Wildman–Crippen LogP) is 1.43. The van der Waals surface area contributed by atoms with E-state index in [1.165, 1.54) is 24.3 Å². The number of carboxylic acids is 1. The minimum absolute atomic E-state index is 0.209. The molecule has 0 unspecified atom stereocenters. The molecule has 2 rings (SSSR count). The molecule has 1 aliphatic carbocycles. The van der Waals surface area contributed by atoms with Crippen molar-refractivity contribution in [2.24, 2.45) is 11.8 Å². The number of halogens is 1. The van der Waals surface area contributed by atoms with E-state index in [9.17, 15) is 14.0 Å². The fraction of sp³-hybridized carbons (Fsp3) is 0.429. The van der Waals surface area contributed by atoms with Gasteiger partial charge in [-0.25, -0.2) is 4.39 Å². The molecular formula is C14H16FNO4. The highest BCUT2D eigenvalue weighted by atomic mass is 19.1. The summed E-state index contributed by atoms with van der Waals surface area (Å²) >= 11 is 0. The summed E-state index contributed by atoms with van der Waals surface area (Å²) in [4.78, 5) is 22.1. The number of nitrogens with one attached hydrogen (secondary N) is 1. The maximum Gasteiger partial charge on any atom is 0.307 e. The number of ether oxygens (including phenoxy) is 1. The highest BCUT2D eigenvalue weighted by Gasteiger charge is 2.48. The molecule has 1 fully saturated rings. The van der Waals surface area contributed by atoms with E-state index in [0.717, 1.165) is 0 Å². The minimum Gasteiger partial charge on any atom is -0.494 e. The summed E-state index contributed by atoms with van der Waals surface area (Å²) in [6.07, 6.45) is 1.03. The fourth-order valence-electron chi connectivity index (χ4n) is 1.89. The number of hydrogen-bond acceptors (Lipinski definition) is 3. The van der Waals surface area contributed by atoms with Crippen molar-refractivity contribution in [2.75, 3.05) is 13.2 Å². The summed E-state index contributed by atoms with van der Waals surface area (Å²) in [6.45, 7) is 0.835. The van der Waals surface area contributed by atoms with Gasteiger partial charge in [-0.05, 0) is 37.1 Å². The third-order valence-electron chi connectivity index (χ3n) is 3.15. The number of rotatable bonds is 7. The molecule has 6 heteroatoms. The quantitative estimate of drug-likeness (QED) is 0.741. The van der Waals surface area contributed by atoms with Gasteiger partial charge in [-0.15, -0.1) is 0 Å². The van der Waals surface area contributed by atoms with E-state index in [1.54, 1.807) is 0 Å². The molecule has 0 spiro atoms. The lowest BCUT2D eigenvalue weighted by Crippen LogP contribution is -2.28.